The number of primary amides is 1. The van der Waals surface area contributed by atoms with Crippen molar-refractivity contribution >= 4 is 89.0 Å². The van der Waals surface area contributed by atoms with Crippen molar-refractivity contribution < 1.29 is 29.0 Å². The van der Waals surface area contributed by atoms with E-state index in [1.165, 1.54) is 29.3 Å². The number of carbonyl (C=O) groups is 3. The minimum absolute atomic E-state index is 0.00106. The van der Waals surface area contributed by atoms with Gasteiger partial charge in [-0.1, -0.05) is 108 Å². The van der Waals surface area contributed by atoms with Crippen molar-refractivity contribution in [2.45, 2.75) is 45.7 Å². The summed E-state index contributed by atoms with van der Waals surface area (Å²) in [5.41, 5.74) is 20.8. The highest BCUT2D eigenvalue weighted by atomic mass is 19.1. The second-order valence-corrected chi connectivity index (χ2v) is 24.4. The minimum Gasteiger partial charge on any atom is -0.508 e. The summed E-state index contributed by atoms with van der Waals surface area (Å²) in [7, 11) is 1.92. The number of aryl methyl sites for hydroxylation is 3. The Morgan fingerprint density at radius 1 is 0.637 bits per heavy atom. The zero-order valence-electron chi connectivity index (χ0n) is 55.1. The molecule has 0 atom stereocenters. The molecule has 25 heteroatoms. The first kappa shape index (κ1) is 65.8. The number of nitrogens with two attached hydrogens (primary N) is 1. The van der Waals surface area contributed by atoms with Crippen LogP contribution in [0.4, 0.5) is 4.39 Å². The Kier molecular flexibility index (Phi) is 18.4. The van der Waals surface area contributed by atoms with Crippen LogP contribution in [0, 0.1) is 12.7 Å². The highest BCUT2D eigenvalue weighted by molar-refractivity contribution is 6.10. The number of H-pyrrole nitrogens is 5. The predicted octanol–water partition coefficient (Wildman–Crippen LogP) is 10.6. The number of para-hydroxylation sites is 5. The lowest BCUT2D eigenvalue weighted by atomic mass is 9.99. The van der Waals surface area contributed by atoms with Gasteiger partial charge in [0.2, 0.25) is 0 Å². The molecule has 7 aromatic heterocycles. The molecule has 0 saturated carbocycles. The molecule has 102 heavy (non-hydrogen) atoms. The van der Waals surface area contributed by atoms with E-state index in [1.807, 2.05) is 85.9 Å². The molecule has 9 aromatic carbocycles. The first-order valence-corrected chi connectivity index (χ1v) is 32.8. The molecule has 508 valence electrons. The number of fused-ring (bicyclic) bond motifs is 7. The number of tetrazole rings is 1. The number of aromatic nitrogens is 13. The molecular weight excluding hydrogens is 1290 g/mol. The number of aromatic amines is 5. The summed E-state index contributed by atoms with van der Waals surface area (Å²) in [4.78, 5) is 84.7. The summed E-state index contributed by atoms with van der Waals surface area (Å²) in [6.07, 6.45) is 3.05. The van der Waals surface area contributed by atoms with Crippen LogP contribution in [0.2, 0.25) is 0 Å². The summed E-state index contributed by atoms with van der Waals surface area (Å²) >= 11 is 0. The van der Waals surface area contributed by atoms with Crippen molar-refractivity contribution in [2.24, 2.45) is 5.73 Å². The van der Waals surface area contributed by atoms with E-state index in [2.05, 4.69) is 124 Å². The van der Waals surface area contributed by atoms with Crippen LogP contribution in [0.15, 0.2) is 204 Å². The van der Waals surface area contributed by atoms with Crippen LogP contribution in [-0.2, 0) is 38.8 Å². The Hall–Kier alpha value is -13.4. The van der Waals surface area contributed by atoms with Crippen LogP contribution < -0.4 is 32.8 Å². The Bertz CT molecular complexity index is 5960. The number of nitrogens with one attached hydrogen (secondary N) is 8. The third-order valence-electron chi connectivity index (χ3n) is 17.8. The molecule has 0 radical (unpaired) electrons. The molecule has 0 unspecified atom stereocenters. The summed E-state index contributed by atoms with van der Waals surface area (Å²) in [6, 6.07) is 59.6. The number of hydrogen-bond donors (Lipinski definition) is 11. The molecule has 16 aromatic rings. The molecule has 0 spiro atoms. The fourth-order valence-corrected chi connectivity index (χ4v) is 13.1. The van der Waals surface area contributed by atoms with Gasteiger partial charge in [-0.25, -0.2) is 19.3 Å². The van der Waals surface area contributed by atoms with E-state index in [9.17, 15) is 38.6 Å². The van der Waals surface area contributed by atoms with Crippen molar-refractivity contribution in [3.63, 3.8) is 0 Å². The maximum absolute atomic E-state index is 13.9. The number of nitrogens with zero attached hydrogens (tertiary/aromatic N) is 8. The van der Waals surface area contributed by atoms with Gasteiger partial charge >= 0.3 is 0 Å². The van der Waals surface area contributed by atoms with Crippen molar-refractivity contribution in [1.29, 1.82) is 0 Å². The second-order valence-electron chi connectivity index (χ2n) is 24.4. The number of halogens is 1. The maximum atomic E-state index is 13.9. The van der Waals surface area contributed by atoms with Gasteiger partial charge in [0.15, 0.2) is 5.82 Å². The predicted molar refractivity (Wildman–Crippen MR) is 389 cm³/mol. The number of phenolic OH excluding ortho intramolecular Hbond substituents is 2. The van der Waals surface area contributed by atoms with E-state index < -0.39 is 11.7 Å². The molecule has 24 nitrogen and oxygen atoms in total. The third-order valence-corrected chi connectivity index (χ3v) is 17.8. The Labute approximate surface area is 578 Å². The van der Waals surface area contributed by atoms with Crippen molar-refractivity contribution in [2.75, 3.05) is 20.1 Å². The maximum Gasteiger partial charge on any atom is 0.258 e. The molecule has 12 N–H and O–H groups in total. The quantitative estimate of drug-likeness (QED) is 0.0607. The summed E-state index contributed by atoms with van der Waals surface area (Å²) in [6.45, 7) is 4.47. The normalized spacial score (nSPS) is 12.3. The van der Waals surface area contributed by atoms with Gasteiger partial charge < -0.3 is 56.4 Å². The topological polar surface area (TPSA) is 354 Å². The molecule has 0 saturated heterocycles. The average molecular weight is 1360 g/mol. The van der Waals surface area contributed by atoms with E-state index in [0.29, 0.717) is 75.4 Å². The monoisotopic (exact) mass is 1360 g/mol. The van der Waals surface area contributed by atoms with Crippen LogP contribution >= 0.6 is 0 Å². The Balaban J connectivity index is 0.000000109. The van der Waals surface area contributed by atoms with Crippen LogP contribution in [0.5, 0.6) is 11.5 Å². The lowest BCUT2D eigenvalue weighted by Crippen LogP contribution is -2.24. The molecule has 2 aliphatic heterocycles. The summed E-state index contributed by atoms with van der Waals surface area (Å²) in [5, 5.41) is 44.7. The van der Waals surface area contributed by atoms with Gasteiger partial charge in [0.05, 0.1) is 55.0 Å². The largest absolute Gasteiger partial charge is 0.508 e. The van der Waals surface area contributed by atoms with E-state index in [-0.39, 0.29) is 34.4 Å². The SMILES string of the molecule is CNCc1ccc(-c2[nH]c3cc(F)cc4c3c2CCNC4=O)cc1.Cc1nc2c(O)cccc2c(=O)[nH]1.NC(=O)c1cccc2[nH]c(-c3ccc(O)cc3)nc12.O=C1NCCn2c(CCc3ccccc3)nc3cccc1c32.O=c1[nH]c2c(Cc3nn[nH]n3)c3ccccc3n2c2ccccc12. The highest BCUT2D eigenvalue weighted by Gasteiger charge is 2.25. The van der Waals surface area contributed by atoms with E-state index in [4.69, 9.17) is 10.7 Å². The number of hydrogen-bond acceptors (Lipinski definition) is 14. The molecule has 0 aliphatic carbocycles. The number of imidazole rings is 2. The van der Waals surface area contributed by atoms with Gasteiger partial charge in [0.1, 0.15) is 51.5 Å². The van der Waals surface area contributed by atoms with Gasteiger partial charge in [0.25, 0.3) is 28.8 Å². The zero-order chi connectivity index (χ0) is 70.5. The number of amides is 3. The Morgan fingerprint density at radius 2 is 1.33 bits per heavy atom. The number of aromatic hydroxyl groups is 2. The third kappa shape index (κ3) is 13.4. The van der Waals surface area contributed by atoms with Gasteiger partial charge in [-0.2, -0.15) is 5.21 Å². The van der Waals surface area contributed by atoms with Gasteiger partial charge in [-0.15, -0.1) is 10.2 Å². The van der Waals surface area contributed by atoms with Crippen molar-refractivity contribution in [3.8, 4) is 34.1 Å². The molecule has 2 aliphatic rings. The lowest BCUT2D eigenvalue weighted by molar-refractivity contribution is 0.0948. The fourth-order valence-electron chi connectivity index (χ4n) is 13.1. The fraction of sp³-hybridized carbons (Fsp3) is 0.130. The van der Waals surface area contributed by atoms with Gasteiger partial charge in [0, 0.05) is 72.1 Å². The van der Waals surface area contributed by atoms with E-state index in [0.717, 1.165) is 116 Å². The van der Waals surface area contributed by atoms with Crippen LogP contribution in [0.25, 0.3) is 94.0 Å². The molecule has 0 bridgehead atoms. The van der Waals surface area contributed by atoms with Crippen molar-refractivity contribution in [3.05, 3.63) is 277 Å². The van der Waals surface area contributed by atoms with Crippen LogP contribution in [0.1, 0.15) is 70.8 Å². The molecule has 0 fully saturated rings. The summed E-state index contributed by atoms with van der Waals surface area (Å²) in [5.74, 6) is 1.87. The molecule has 18 rings (SSSR count). The molecule has 3 amide bonds. The van der Waals surface area contributed by atoms with Gasteiger partial charge in [-0.05, 0) is 140 Å². The highest BCUT2D eigenvalue weighted by Crippen LogP contribution is 2.36. The first-order valence-electron chi connectivity index (χ1n) is 32.8. The number of benzene rings is 9. The van der Waals surface area contributed by atoms with Crippen molar-refractivity contribution in [1.82, 2.24) is 80.4 Å². The minimum atomic E-state index is -0.505. The second kappa shape index (κ2) is 28.6. The van der Waals surface area contributed by atoms with Crippen LogP contribution in [-0.4, -0.2) is 113 Å². The standard InChI is InChI=1S/C19H18FN3O.C18H17N3O.C17H12N6O.C14H11N3O2.C9H8N2O2/c1-21-10-11-2-4-12(5-3-11)18-14-6-7-22-19(24)15-8-13(20)9-16(23-18)17(14)15;22-18-14-7-4-8-15-17(14)21(12-11-19-18)16(20-15)10-9-13-5-2-1-3-6-13;24-17-11-6-2-4-8-14(11)23-13-7-3-1-5-10(13)12(16(23)18-17)9-15-19-21-22-20-15;15-13(19)10-2-1-3-11-12(10)17-14(16-11)8-4-6-9(18)7-5-8;1-5-10-8-6(9(13)11-5)3-2-4-7(8)12/h2-5,8-9,21,23H,6-7,10H2,1H3,(H,22,24);1-8H,9-12H2,(H,19,22);1-8H,9H2,(H,18,24)(H,19,20,21,22);1-7,18H,(H2,15,19)(H,16,17);2-4,12H,1H3,(H,10,11,13). The number of carbonyl (C=O) groups excluding carboxylic acids is 3. The Morgan fingerprint density at radius 3 is 2.10 bits per heavy atom. The van der Waals surface area contributed by atoms with E-state index >= 15 is 0 Å². The van der Waals surface area contributed by atoms with Gasteiger partial charge in [-0.3, -0.25) is 28.4 Å². The molecular formula is C77H66FN17O7. The molecule has 9 heterocycles. The van der Waals surface area contributed by atoms with Crippen LogP contribution in [0.3, 0.4) is 0 Å². The first-order chi connectivity index (χ1) is 49.7. The lowest BCUT2D eigenvalue weighted by Gasteiger charge is -2.07. The van der Waals surface area contributed by atoms with E-state index in [1.54, 1.807) is 55.5 Å². The average Bonchev–Trinajstić information content (AvgIpc) is 1.59. The zero-order valence-corrected chi connectivity index (χ0v) is 55.1. The number of rotatable bonds is 10. The number of phenols is 2. The summed E-state index contributed by atoms with van der Waals surface area (Å²) < 4.78 is 18.2. The smallest absolute Gasteiger partial charge is 0.258 e.